The summed E-state index contributed by atoms with van der Waals surface area (Å²) in [6, 6.07) is 0. The van der Waals surface area contributed by atoms with E-state index in [2.05, 4.69) is 5.09 Å². The minimum atomic E-state index is -3.04. The molecule has 5 N–H and O–H groups in total. The third kappa shape index (κ3) is 8.11. The first-order valence-corrected chi connectivity index (χ1v) is 4.52. The predicted octanol–water partition coefficient (Wildman–Crippen LogP) is 0.400. The Bertz CT molecular complexity index is 133. The van der Waals surface area contributed by atoms with Crippen molar-refractivity contribution >= 4 is 7.59 Å². The fourth-order valence-electron chi connectivity index (χ4n) is 0.524. The number of hydrogen-bond acceptors (Lipinski definition) is 1. The van der Waals surface area contributed by atoms with Crippen LogP contribution in [0.2, 0.25) is 0 Å². The Labute approximate surface area is 55.5 Å². The van der Waals surface area contributed by atoms with E-state index in [4.69, 9.17) is 11.0 Å². The third-order valence-electron chi connectivity index (χ3n) is 0.510. The minimum Gasteiger partial charge on any atom is -0.271 e. The van der Waals surface area contributed by atoms with Crippen LogP contribution in [0.25, 0.3) is 0 Å². The topological polar surface area (TPSA) is 81.1 Å². The molecule has 0 radical (unpaired) electrons. The van der Waals surface area contributed by atoms with Crippen molar-refractivity contribution in [1.82, 2.24) is 5.09 Å². The van der Waals surface area contributed by atoms with Gasteiger partial charge in [0.25, 0.3) is 7.59 Å². The Hall–Kier alpha value is 0.110. The Morgan fingerprint density at radius 3 is 1.67 bits per heavy atom. The van der Waals surface area contributed by atoms with Gasteiger partial charge in [-0.15, -0.1) is 0 Å². The van der Waals surface area contributed by atoms with Crippen LogP contribution in [-0.4, -0.2) is 5.54 Å². The van der Waals surface area contributed by atoms with Gasteiger partial charge in [-0.2, -0.15) is 0 Å². The van der Waals surface area contributed by atoms with E-state index in [0.717, 1.165) is 0 Å². The van der Waals surface area contributed by atoms with E-state index < -0.39 is 7.59 Å². The van der Waals surface area contributed by atoms with E-state index in [-0.39, 0.29) is 5.54 Å². The van der Waals surface area contributed by atoms with Crippen LogP contribution >= 0.6 is 7.59 Å². The molecule has 0 rings (SSSR count). The molecule has 0 aliphatic carbocycles. The SMILES string of the molecule is CC(C)(C)NP(N)(N)=O. The fourth-order valence-corrected chi connectivity index (χ4v) is 1.57. The van der Waals surface area contributed by atoms with E-state index in [9.17, 15) is 4.57 Å². The lowest BCUT2D eigenvalue weighted by molar-refractivity contribution is 0.490. The van der Waals surface area contributed by atoms with Crippen molar-refractivity contribution in [3.05, 3.63) is 0 Å². The van der Waals surface area contributed by atoms with Gasteiger partial charge in [0.2, 0.25) is 0 Å². The maximum absolute atomic E-state index is 10.7. The summed E-state index contributed by atoms with van der Waals surface area (Å²) < 4.78 is 10.7. The molecule has 0 fully saturated rings. The van der Waals surface area contributed by atoms with Crippen LogP contribution in [-0.2, 0) is 4.57 Å². The Balaban J connectivity index is 3.90. The monoisotopic (exact) mass is 151 g/mol. The van der Waals surface area contributed by atoms with Crippen molar-refractivity contribution in [3.8, 4) is 0 Å². The molecule has 4 nitrogen and oxygen atoms in total. The summed E-state index contributed by atoms with van der Waals surface area (Å²) in [5, 5.41) is 2.57. The number of hydrogen-bond donors (Lipinski definition) is 3. The Kier molecular flexibility index (Phi) is 2.41. The molecule has 0 bridgehead atoms. The molecule has 5 heteroatoms. The highest BCUT2D eigenvalue weighted by Crippen LogP contribution is 2.22. The van der Waals surface area contributed by atoms with Gasteiger partial charge in [0.1, 0.15) is 0 Å². The highest BCUT2D eigenvalue weighted by Gasteiger charge is 2.17. The molecule has 0 saturated heterocycles. The lowest BCUT2D eigenvalue weighted by Crippen LogP contribution is -2.37. The standard InChI is InChI=1S/C4H14N3OP/c1-4(2,3)7-9(5,6)8/h1-3H3,(H5,5,6,7,8). The maximum atomic E-state index is 10.7. The van der Waals surface area contributed by atoms with Crippen LogP contribution in [0.3, 0.4) is 0 Å². The molecule has 0 amide bonds. The summed E-state index contributed by atoms with van der Waals surface area (Å²) in [7, 11) is -3.04. The summed E-state index contributed by atoms with van der Waals surface area (Å²) in [5.41, 5.74) is 9.81. The highest BCUT2D eigenvalue weighted by atomic mass is 31.2. The summed E-state index contributed by atoms with van der Waals surface area (Å²) in [6.07, 6.45) is 0. The Morgan fingerprint density at radius 1 is 1.33 bits per heavy atom. The van der Waals surface area contributed by atoms with Crippen molar-refractivity contribution in [2.75, 3.05) is 0 Å². The average molecular weight is 151 g/mol. The van der Waals surface area contributed by atoms with Gasteiger partial charge in [-0.1, -0.05) is 0 Å². The molecular formula is C4H14N3OP. The first-order valence-electron chi connectivity index (χ1n) is 2.67. The molecule has 0 aliphatic heterocycles. The molecular weight excluding hydrogens is 137 g/mol. The van der Waals surface area contributed by atoms with Gasteiger partial charge in [-0.3, -0.25) is 15.6 Å². The second-order valence-electron chi connectivity index (χ2n) is 3.07. The van der Waals surface area contributed by atoms with Crippen molar-refractivity contribution in [2.24, 2.45) is 11.0 Å². The Morgan fingerprint density at radius 2 is 1.67 bits per heavy atom. The quantitative estimate of drug-likeness (QED) is 0.474. The zero-order valence-corrected chi connectivity index (χ0v) is 6.90. The normalized spacial score (nSPS) is 13.9. The largest absolute Gasteiger partial charge is 0.274 e. The van der Waals surface area contributed by atoms with Gasteiger partial charge in [0.05, 0.1) is 0 Å². The van der Waals surface area contributed by atoms with Gasteiger partial charge in [-0.05, 0) is 20.8 Å². The zero-order valence-electron chi connectivity index (χ0n) is 6.01. The third-order valence-corrected chi connectivity index (χ3v) is 1.53. The number of nitrogens with one attached hydrogen (secondary N) is 1. The highest BCUT2D eigenvalue weighted by molar-refractivity contribution is 7.56. The molecule has 0 aliphatic rings. The van der Waals surface area contributed by atoms with Gasteiger partial charge < -0.3 is 0 Å². The second-order valence-corrected chi connectivity index (χ2v) is 4.71. The predicted molar refractivity (Wildman–Crippen MR) is 38.9 cm³/mol. The van der Waals surface area contributed by atoms with Crippen LogP contribution in [0.15, 0.2) is 0 Å². The molecule has 0 aromatic heterocycles. The summed E-state index contributed by atoms with van der Waals surface area (Å²) in [6.45, 7) is 5.54. The summed E-state index contributed by atoms with van der Waals surface area (Å²) in [4.78, 5) is 0. The first-order chi connectivity index (χ1) is 3.71. The molecule has 0 saturated carbocycles. The van der Waals surface area contributed by atoms with Gasteiger partial charge >= 0.3 is 0 Å². The van der Waals surface area contributed by atoms with Crippen LogP contribution < -0.4 is 16.1 Å². The molecule has 0 aromatic rings. The smallest absolute Gasteiger partial charge is 0.271 e. The average Bonchev–Trinajstić information content (AvgIpc) is 1.14. The van der Waals surface area contributed by atoms with Crippen molar-refractivity contribution < 1.29 is 4.57 Å². The van der Waals surface area contributed by atoms with Crippen molar-refractivity contribution in [3.63, 3.8) is 0 Å². The molecule has 0 spiro atoms. The first kappa shape index (κ1) is 9.11. The van der Waals surface area contributed by atoms with Crippen LogP contribution in [0.1, 0.15) is 20.8 Å². The molecule has 56 valence electrons. The van der Waals surface area contributed by atoms with Gasteiger partial charge in [0.15, 0.2) is 0 Å². The van der Waals surface area contributed by atoms with Gasteiger partial charge in [0, 0.05) is 5.54 Å². The van der Waals surface area contributed by atoms with Crippen LogP contribution in [0.5, 0.6) is 0 Å². The summed E-state index contributed by atoms with van der Waals surface area (Å²) >= 11 is 0. The molecule has 0 heterocycles. The lowest BCUT2D eigenvalue weighted by atomic mass is 10.1. The maximum Gasteiger partial charge on any atom is 0.274 e. The van der Waals surface area contributed by atoms with E-state index >= 15 is 0 Å². The molecule has 0 unspecified atom stereocenters. The molecule has 0 aromatic carbocycles. The van der Waals surface area contributed by atoms with E-state index in [0.29, 0.717) is 0 Å². The fraction of sp³-hybridized carbons (Fsp3) is 1.00. The number of rotatable bonds is 1. The molecule has 9 heavy (non-hydrogen) atoms. The lowest BCUT2D eigenvalue weighted by Gasteiger charge is -2.22. The van der Waals surface area contributed by atoms with Gasteiger partial charge in [-0.25, -0.2) is 5.09 Å². The number of nitrogens with two attached hydrogens (primary N) is 2. The molecule has 0 atom stereocenters. The van der Waals surface area contributed by atoms with Crippen LogP contribution in [0.4, 0.5) is 0 Å². The minimum absolute atomic E-state index is 0.279. The van der Waals surface area contributed by atoms with E-state index in [1.165, 1.54) is 0 Å². The van der Waals surface area contributed by atoms with E-state index in [1.807, 2.05) is 20.8 Å². The zero-order chi connectivity index (χ0) is 7.71. The summed E-state index contributed by atoms with van der Waals surface area (Å²) in [5.74, 6) is 0. The van der Waals surface area contributed by atoms with Crippen molar-refractivity contribution in [1.29, 1.82) is 0 Å². The second kappa shape index (κ2) is 2.39. The van der Waals surface area contributed by atoms with Crippen LogP contribution in [0, 0.1) is 0 Å². The van der Waals surface area contributed by atoms with Crippen molar-refractivity contribution in [2.45, 2.75) is 26.3 Å². The van der Waals surface area contributed by atoms with E-state index in [1.54, 1.807) is 0 Å².